The van der Waals surface area contributed by atoms with Gasteiger partial charge in [-0.3, -0.25) is 0 Å². The molecule has 0 heterocycles. The minimum Gasteiger partial charge on any atom is -0.0625 e. The Hall–Kier alpha value is 0. The van der Waals surface area contributed by atoms with Crippen molar-refractivity contribution in [1.29, 1.82) is 0 Å². The first-order valence-corrected chi connectivity index (χ1v) is 6.61. The highest BCUT2D eigenvalue weighted by Gasteiger charge is 2.23. The summed E-state index contributed by atoms with van der Waals surface area (Å²) in [5.74, 6) is 3.76. The Morgan fingerprint density at radius 1 is 0.857 bits per heavy atom. The van der Waals surface area contributed by atoms with Gasteiger partial charge in [-0.05, 0) is 30.1 Å². The highest BCUT2D eigenvalue weighted by molar-refractivity contribution is 4.74. The second kappa shape index (κ2) is 5.78. The van der Waals surface area contributed by atoms with E-state index in [4.69, 9.17) is 0 Å². The fourth-order valence-corrected chi connectivity index (χ4v) is 3.12. The lowest BCUT2D eigenvalue weighted by molar-refractivity contribution is 0.200. The number of hydrogen-bond acceptors (Lipinski definition) is 0. The van der Waals surface area contributed by atoms with Crippen molar-refractivity contribution in [2.75, 3.05) is 0 Å². The van der Waals surface area contributed by atoms with E-state index in [1.807, 2.05) is 0 Å². The maximum atomic E-state index is 2.40. The van der Waals surface area contributed by atoms with E-state index in [1.165, 1.54) is 38.5 Å². The van der Waals surface area contributed by atoms with Gasteiger partial charge in [0, 0.05) is 0 Å². The molecular weight excluding hydrogens is 168 g/mol. The third kappa shape index (κ3) is 3.63. The van der Waals surface area contributed by atoms with Crippen LogP contribution in [0.2, 0.25) is 0 Å². The van der Waals surface area contributed by atoms with Gasteiger partial charge >= 0.3 is 0 Å². The summed E-state index contributed by atoms with van der Waals surface area (Å²) < 4.78 is 0. The van der Waals surface area contributed by atoms with E-state index in [0.717, 1.165) is 23.7 Å². The smallest absolute Gasteiger partial charge is 0.0365 e. The van der Waals surface area contributed by atoms with E-state index >= 15 is 0 Å². The van der Waals surface area contributed by atoms with Crippen LogP contribution in [0.5, 0.6) is 0 Å². The van der Waals surface area contributed by atoms with Gasteiger partial charge in [-0.25, -0.2) is 0 Å². The highest BCUT2D eigenvalue weighted by atomic mass is 14.3. The van der Waals surface area contributed by atoms with Crippen LogP contribution in [-0.4, -0.2) is 0 Å². The molecule has 0 nitrogen and oxygen atoms in total. The molecule has 1 saturated carbocycles. The molecule has 1 aliphatic rings. The molecule has 84 valence electrons. The van der Waals surface area contributed by atoms with Gasteiger partial charge in [0.1, 0.15) is 0 Å². The third-order valence-corrected chi connectivity index (χ3v) is 4.04. The van der Waals surface area contributed by atoms with Crippen LogP contribution in [0, 0.1) is 23.7 Å². The van der Waals surface area contributed by atoms with Crippen LogP contribution in [-0.2, 0) is 0 Å². The van der Waals surface area contributed by atoms with Crippen molar-refractivity contribution in [2.24, 2.45) is 23.7 Å². The molecule has 0 atom stereocenters. The molecular formula is C14H28. The molecule has 0 radical (unpaired) electrons. The first kappa shape index (κ1) is 12.1. The maximum absolute atomic E-state index is 2.40. The molecule has 0 unspecified atom stereocenters. The minimum absolute atomic E-state index is 0.872. The van der Waals surface area contributed by atoms with Crippen LogP contribution < -0.4 is 0 Å². The second-order valence-electron chi connectivity index (χ2n) is 5.89. The van der Waals surface area contributed by atoms with Crippen LogP contribution in [0.3, 0.4) is 0 Å². The summed E-state index contributed by atoms with van der Waals surface area (Å²) in [6.45, 7) is 9.59. The largest absolute Gasteiger partial charge is 0.0625 e. The number of hydrogen-bond donors (Lipinski definition) is 0. The molecule has 0 spiro atoms. The molecule has 0 aliphatic heterocycles. The Bertz CT molecular complexity index is 132. The topological polar surface area (TPSA) is 0 Å². The van der Waals surface area contributed by atoms with Gasteiger partial charge in [0.15, 0.2) is 0 Å². The molecule has 14 heavy (non-hydrogen) atoms. The summed E-state index contributed by atoms with van der Waals surface area (Å²) >= 11 is 0. The summed E-state index contributed by atoms with van der Waals surface area (Å²) in [6, 6.07) is 0. The molecule has 0 amide bonds. The lowest BCUT2D eigenvalue weighted by Crippen LogP contribution is -2.21. The predicted octanol–water partition coefficient (Wildman–Crippen LogP) is 4.89. The van der Waals surface area contributed by atoms with Crippen molar-refractivity contribution in [3.63, 3.8) is 0 Å². The van der Waals surface area contributed by atoms with Crippen molar-refractivity contribution >= 4 is 0 Å². The zero-order valence-corrected chi connectivity index (χ0v) is 10.6. The van der Waals surface area contributed by atoms with Crippen LogP contribution >= 0.6 is 0 Å². The Labute approximate surface area is 90.5 Å². The zero-order valence-electron chi connectivity index (χ0n) is 10.6. The normalized spacial score (nSPS) is 19.9. The molecule has 0 N–H and O–H groups in total. The Morgan fingerprint density at radius 2 is 1.36 bits per heavy atom. The van der Waals surface area contributed by atoms with Crippen molar-refractivity contribution in [2.45, 2.75) is 66.2 Å². The van der Waals surface area contributed by atoms with Crippen LogP contribution in [0.25, 0.3) is 0 Å². The lowest BCUT2D eigenvalue weighted by Gasteiger charge is -2.31. The van der Waals surface area contributed by atoms with Gasteiger partial charge in [-0.1, -0.05) is 59.8 Å². The van der Waals surface area contributed by atoms with Crippen molar-refractivity contribution in [3.05, 3.63) is 0 Å². The maximum Gasteiger partial charge on any atom is -0.0365 e. The summed E-state index contributed by atoms with van der Waals surface area (Å²) in [5.41, 5.74) is 0. The highest BCUT2D eigenvalue weighted by Crippen LogP contribution is 2.34. The molecule has 1 aliphatic carbocycles. The third-order valence-electron chi connectivity index (χ3n) is 4.04. The Balaban J connectivity index is 2.37. The van der Waals surface area contributed by atoms with Gasteiger partial charge in [0.05, 0.1) is 0 Å². The monoisotopic (exact) mass is 196 g/mol. The fourth-order valence-electron chi connectivity index (χ4n) is 3.12. The summed E-state index contributed by atoms with van der Waals surface area (Å²) in [7, 11) is 0. The molecule has 0 saturated heterocycles. The molecule has 1 rings (SSSR count). The molecule has 0 aromatic rings. The molecule has 0 heteroatoms. The van der Waals surface area contributed by atoms with Crippen molar-refractivity contribution in [1.82, 2.24) is 0 Å². The van der Waals surface area contributed by atoms with E-state index in [2.05, 4.69) is 27.7 Å². The van der Waals surface area contributed by atoms with Gasteiger partial charge in [-0.2, -0.15) is 0 Å². The quantitative estimate of drug-likeness (QED) is 0.601. The predicted molar refractivity (Wildman–Crippen MR) is 64.4 cm³/mol. The molecule has 0 aromatic heterocycles. The van der Waals surface area contributed by atoms with Crippen LogP contribution in [0.4, 0.5) is 0 Å². The summed E-state index contributed by atoms with van der Waals surface area (Å²) in [6.07, 6.45) is 8.99. The van der Waals surface area contributed by atoms with E-state index in [9.17, 15) is 0 Å². The van der Waals surface area contributed by atoms with E-state index in [1.54, 1.807) is 0 Å². The Kier molecular flexibility index (Phi) is 4.98. The molecule has 0 aromatic carbocycles. The van der Waals surface area contributed by atoms with Crippen molar-refractivity contribution < 1.29 is 0 Å². The van der Waals surface area contributed by atoms with E-state index in [0.29, 0.717) is 0 Å². The average molecular weight is 196 g/mol. The zero-order chi connectivity index (χ0) is 10.6. The first-order chi connectivity index (χ1) is 6.61. The van der Waals surface area contributed by atoms with Crippen LogP contribution in [0.1, 0.15) is 66.2 Å². The Morgan fingerprint density at radius 3 is 1.79 bits per heavy atom. The minimum atomic E-state index is 0.872. The summed E-state index contributed by atoms with van der Waals surface area (Å²) in [4.78, 5) is 0. The average Bonchev–Trinajstić information content (AvgIpc) is 2.15. The van der Waals surface area contributed by atoms with Crippen molar-refractivity contribution in [3.8, 4) is 0 Å². The van der Waals surface area contributed by atoms with Gasteiger partial charge in [0.2, 0.25) is 0 Å². The molecule has 0 bridgehead atoms. The summed E-state index contributed by atoms with van der Waals surface area (Å²) in [5, 5.41) is 0. The standard InChI is InChI=1S/C14H28/c1-11(2)14(12(3)4)10-13-8-6-5-7-9-13/h11-14H,5-10H2,1-4H3. The number of rotatable bonds is 4. The van der Waals surface area contributed by atoms with Crippen LogP contribution in [0.15, 0.2) is 0 Å². The molecule has 1 fully saturated rings. The van der Waals surface area contributed by atoms with Gasteiger partial charge in [-0.15, -0.1) is 0 Å². The van der Waals surface area contributed by atoms with E-state index < -0.39 is 0 Å². The fraction of sp³-hybridized carbons (Fsp3) is 1.00. The second-order valence-corrected chi connectivity index (χ2v) is 5.89. The van der Waals surface area contributed by atoms with E-state index in [-0.39, 0.29) is 0 Å². The lowest BCUT2D eigenvalue weighted by atomic mass is 9.75. The SMILES string of the molecule is CC(C)C(CC1CCCCC1)C(C)C. The van der Waals surface area contributed by atoms with Gasteiger partial charge < -0.3 is 0 Å². The van der Waals surface area contributed by atoms with Gasteiger partial charge in [0.25, 0.3) is 0 Å². The first-order valence-electron chi connectivity index (χ1n) is 6.61.